The Morgan fingerprint density at radius 1 is 0.742 bits per heavy atom. The van der Waals surface area contributed by atoms with Crippen LogP contribution >= 0.6 is 11.8 Å². The van der Waals surface area contributed by atoms with Crippen molar-refractivity contribution in [3.05, 3.63) is 54.6 Å². The van der Waals surface area contributed by atoms with Gasteiger partial charge in [0.25, 0.3) is 0 Å². The minimum atomic E-state index is -0.394. The number of amides is 2. The van der Waals surface area contributed by atoms with E-state index in [0.29, 0.717) is 37.4 Å². The van der Waals surface area contributed by atoms with Crippen LogP contribution in [0.4, 0.5) is 9.59 Å². The van der Waals surface area contributed by atoms with Crippen molar-refractivity contribution >= 4 is 23.9 Å². The Bertz CT molecular complexity index is 863. The van der Waals surface area contributed by atoms with Crippen LogP contribution < -0.4 is 9.47 Å². The zero-order chi connectivity index (χ0) is 21.5. The quantitative estimate of drug-likeness (QED) is 0.688. The molecule has 0 spiro atoms. The molecule has 0 bridgehead atoms. The number of carbonyl (C=O) groups excluding carboxylic acids is 2. The van der Waals surface area contributed by atoms with E-state index in [9.17, 15) is 9.59 Å². The van der Waals surface area contributed by atoms with E-state index < -0.39 is 6.09 Å². The van der Waals surface area contributed by atoms with E-state index in [1.807, 2.05) is 42.1 Å². The SMILES string of the molecule is O=C(Oc1ccc(Oc2ccccc2)cc1)N1CCC(OC(=O)N2CCSCC2)CC1. The number of piperidine rings is 1. The van der Waals surface area contributed by atoms with Crippen LogP contribution in [0.1, 0.15) is 12.8 Å². The summed E-state index contributed by atoms with van der Waals surface area (Å²) in [5.41, 5.74) is 0. The summed E-state index contributed by atoms with van der Waals surface area (Å²) in [7, 11) is 0. The van der Waals surface area contributed by atoms with Gasteiger partial charge in [-0.2, -0.15) is 11.8 Å². The molecule has 0 unspecified atom stereocenters. The molecule has 2 heterocycles. The predicted molar refractivity (Wildman–Crippen MR) is 119 cm³/mol. The number of nitrogens with zero attached hydrogens (tertiary/aromatic N) is 2. The van der Waals surface area contributed by atoms with Crippen molar-refractivity contribution < 1.29 is 23.8 Å². The molecular weight excluding hydrogens is 416 g/mol. The van der Waals surface area contributed by atoms with Crippen molar-refractivity contribution in [3.63, 3.8) is 0 Å². The maximum absolute atomic E-state index is 12.5. The van der Waals surface area contributed by atoms with Crippen LogP contribution in [0.3, 0.4) is 0 Å². The van der Waals surface area contributed by atoms with Crippen molar-refractivity contribution in [2.45, 2.75) is 18.9 Å². The fourth-order valence-corrected chi connectivity index (χ4v) is 4.39. The summed E-state index contributed by atoms with van der Waals surface area (Å²) < 4.78 is 16.9. The molecule has 2 fully saturated rings. The summed E-state index contributed by atoms with van der Waals surface area (Å²) in [6, 6.07) is 16.4. The minimum absolute atomic E-state index is 0.152. The molecule has 31 heavy (non-hydrogen) atoms. The highest BCUT2D eigenvalue weighted by Crippen LogP contribution is 2.24. The van der Waals surface area contributed by atoms with Gasteiger partial charge in [0.05, 0.1) is 0 Å². The average Bonchev–Trinajstić information content (AvgIpc) is 2.82. The Hall–Kier alpha value is -2.87. The lowest BCUT2D eigenvalue weighted by Crippen LogP contribution is -2.45. The normalized spacial score (nSPS) is 17.2. The number of hydrogen-bond acceptors (Lipinski definition) is 6. The molecule has 7 nitrogen and oxygen atoms in total. The lowest BCUT2D eigenvalue weighted by molar-refractivity contribution is 0.0326. The van der Waals surface area contributed by atoms with Crippen LogP contribution in [0.5, 0.6) is 17.2 Å². The molecule has 2 aliphatic rings. The average molecular weight is 443 g/mol. The molecule has 0 N–H and O–H groups in total. The first-order valence-electron chi connectivity index (χ1n) is 10.5. The zero-order valence-corrected chi connectivity index (χ0v) is 18.1. The fourth-order valence-electron chi connectivity index (χ4n) is 3.48. The molecule has 0 aliphatic carbocycles. The highest BCUT2D eigenvalue weighted by Gasteiger charge is 2.28. The van der Waals surface area contributed by atoms with Crippen LogP contribution in [0.2, 0.25) is 0 Å². The van der Waals surface area contributed by atoms with Crippen LogP contribution in [0.25, 0.3) is 0 Å². The van der Waals surface area contributed by atoms with E-state index in [0.717, 1.165) is 30.3 Å². The molecule has 4 rings (SSSR count). The zero-order valence-electron chi connectivity index (χ0n) is 17.3. The van der Waals surface area contributed by atoms with E-state index in [1.54, 1.807) is 34.1 Å². The standard InChI is InChI=1S/C23H26N2O5S/c26-22(29-20-8-6-19(7-9-20)28-18-4-2-1-3-5-18)24-12-10-21(11-13-24)30-23(27)25-14-16-31-17-15-25/h1-9,21H,10-17H2. The molecule has 0 saturated carbocycles. The Morgan fingerprint density at radius 3 is 2.00 bits per heavy atom. The number of benzene rings is 2. The number of carbonyl (C=O) groups is 2. The second kappa shape index (κ2) is 10.4. The van der Waals surface area contributed by atoms with Crippen molar-refractivity contribution in [3.8, 4) is 17.2 Å². The van der Waals surface area contributed by atoms with Crippen molar-refractivity contribution in [1.29, 1.82) is 0 Å². The van der Waals surface area contributed by atoms with Gasteiger partial charge in [-0.25, -0.2) is 9.59 Å². The number of thioether (sulfide) groups is 1. The van der Waals surface area contributed by atoms with Gasteiger partial charge in [0.15, 0.2) is 0 Å². The highest BCUT2D eigenvalue weighted by molar-refractivity contribution is 7.99. The first-order chi connectivity index (χ1) is 15.2. The molecule has 2 aromatic carbocycles. The Labute approximate surface area is 186 Å². The van der Waals surface area contributed by atoms with Gasteiger partial charge in [0, 0.05) is 50.5 Å². The number of para-hydroxylation sites is 1. The molecule has 8 heteroatoms. The third kappa shape index (κ3) is 6.07. The summed E-state index contributed by atoms with van der Waals surface area (Å²) in [6.45, 7) is 2.48. The van der Waals surface area contributed by atoms with E-state index in [4.69, 9.17) is 14.2 Å². The molecular formula is C23H26N2O5S. The van der Waals surface area contributed by atoms with Crippen LogP contribution in [0.15, 0.2) is 54.6 Å². The first kappa shape index (κ1) is 21.4. The van der Waals surface area contributed by atoms with E-state index in [-0.39, 0.29) is 12.2 Å². The molecule has 0 atom stereocenters. The molecule has 2 aliphatic heterocycles. The summed E-state index contributed by atoms with van der Waals surface area (Å²) in [6.07, 6.45) is 0.454. The number of hydrogen-bond donors (Lipinski definition) is 0. The summed E-state index contributed by atoms with van der Waals surface area (Å²) in [4.78, 5) is 28.1. The number of ether oxygens (including phenoxy) is 3. The second-order valence-electron chi connectivity index (χ2n) is 7.42. The van der Waals surface area contributed by atoms with Gasteiger partial charge in [0.1, 0.15) is 23.4 Å². The third-order valence-electron chi connectivity index (χ3n) is 5.24. The van der Waals surface area contributed by atoms with Gasteiger partial charge >= 0.3 is 12.2 Å². The molecule has 164 valence electrons. The van der Waals surface area contributed by atoms with Gasteiger partial charge in [-0.05, 0) is 36.4 Å². The van der Waals surface area contributed by atoms with Crippen LogP contribution in [-0.2, 0) is 4.74 Å². The smallest absolute Gasteiger partial charge is 0.415 e. The highest BCUT2D eigenvalue weighted by atomic mass is 32.2. The Balaban J connectivity index is 1.21. The topological polar surface area (TPSA) is 68.3 Å². The van der Waals surface area contributed by atoms with Crippen molar-refractivity contribution in [2.24, 2.45) is 0 Å². The van der Waals surface area contributed by atoms with E-state index >= 15 is 0 Å². The maximum atomic E-state index is 12.5. The fraction of sp³-hybridized carbons (Fsp3) is 0.391. The summed E-state index contributed by atoms with van der Waals surface area (Å²) in [5.74, 6) is 3.79. The maximum Gasteiger partial charge on any atom is 0.415 e. The minimum Gasteiger partial charge on any atom is -0.457 e. The van der Waals surface area contributed by atoms with Gasteiger partial charge in [-0.1, -0.05) is 18.2 Å². The van der Waals surface area contributed by atoms with Gasteiger partial charge in [-0.3, -0.25) is 0 Å². The van der Waals surface area contributed by atoms with Crippen LogP contribution in [0, 0.1) is 0 Å². The summed E-state index contributed by atoms with van der Waals surface area (Å²) >= 11 is 1.85. The Kier molecular flexibility index (Phi) is 7.19. The van der Waals surface area contributed by atoms with Crippen molar-refractivity contribution in [1.82, 2.24) is 9.80 Å². The second-order valence-corrected chi connectivity index (χ2v) is 8.65. The molecule has 2 amide bonds. The first-order valence-corrected chi connectivity index (χ1v) is 11.7. The lowest BCUT2D eigenvalue weighted by atomic mass is 10.1. The third-order valence-corrected chi connectivity index (χ3v) is 6.19. The van der Waals surface area contributed by atoms with Crippen LogP contribution in [-0.4, -0.2) is 65.8 Å². The molecule has 2 saturated heterocycles. The predicted octanol–water partition coefficient (Wildman–Crippen LogP) is 4.63. The van der Waals surface area contributed by atoms with Gasteiger partial charge in [-0.15, -0.1) is 0 Å². The summed E-state index contributed by atoms with van der Waals surface area (Å²) in [5, 5.41) is 0. The van der Waals surface area contributed by atoms with Crippen molar-refractivity contribution in [2.75, 3.05) is 37.7 Å². The Morgan fingerprint density at radius 2 is 1.32 bits per heavy atom. The molecule has 0 aromatic heterocycles. The lowest BCUT2D eigenvalue weighted by Gasteiger charge is -2.33. The molecule has 2 aromatic rings. The number of likely N-dealkylation sites (tertiary alicyclic amines) is 1. The largest absolute Gasteiger partial charge is 0.457 e. The van der Waals surface area contributed by atoms with E-state index in [1.165, 1.54) is 0 Å². The van der Waals surface area contributed by atoms with Gasteiger partial charge in [0.2, 0.25) is 0 Å². The van der Waals surface area contributed by atoms with E-state index in [2.05, 4.69) is 0 Å². The molecule has 0 radical (unpaired) electrons. The number of rotatable bonds is 4. The van der Waals surface area contributed by atoms with Gasteiger partial charge < -0.3 is 24.0 Å². The monoisotopic (exact) mass is 442 g/mol.